The van der Waals surface area contributed by atoms with Crippen molar-refractivity contribution in [3.8, 4) is 5.75 Å². The molecule has 3 N–H and O–H groups in total. The molecule has 2 rings (SSSR count). The van der Waals surface area contributed by atoms with E-state index in [0.717, 1.165) is 0 Å². The Morgan fingerprint density at radius 2 is 2.21 bits per heavy atom. The summed E-state index contributed by atoms with van der Waals surface area (Å²) in [6.45, 7) is 0. The first-order valence-electron chi connectivity index (χ1n) is 4.47. The molecule has 1 atom stereocenters. The molecule has 1 aromatic rings. The van der Waals surface area contributed by atoms with Crippen LogP contribution in [0.2, 0.25) is 0 Å². The molecule has 0 fully saturated rings. The lowest BCUT2D eigenvalue weighted by Gasteiger charge is -2.10. The van der Waals surface area contributed by atoms with E-state index in [2.05, 4.69) is 5.32 Å². The van der Waals surface area contributed by atoms with Gasteiger partial charge in [-0.3, -0.25) is 4.79 Å². The molecular weight excluding hydrogens is 182 g/mol. The van der Waals surface area contributed by atoms with Gasteiger partial charge in [0.05, 0.1) is 11.8 Å². The van der Waals surface area contributed by atoms with Gasteiger partial charge >= 0.3 is 0 Å². The average Bonchev–Trinajstić information content (AvgIpc) is 2.26. The number of aliphatic hydroxyl groups excluding tert-OH is 1. The van der Waals surface area contributed by atoms with Gasteiger partial charge in [-0.25, -0.2) is 0 Å². The van der Waals surface area contributed by atoms with E-state index >= 15 is 0 Å². The molecule has 0 saturated heterocycles. The minimum absolute atomic E-state index is 0.0816. The zero-order valence-corrected chi connectivity index (χ0v) is 7.53. The van der Waals surface area contributed by atoms with Crippen LogP contribution in [0.5, 0.6) is 5.75 Å². The quantitative estimate of drug-likeness (QED) is 0.579. The van der Waals surface area contributed by atoms with Gasteiger partial charge in [0, 0.05) is 18.1 Å². The highest BCUT2D eigenvalue weighted by Gasteiger charge is 2.19. The summed E-state index contributed by atoms with van der Waals surface area (Å²) in [4.78, 5) is 11.2. The van der Waals surface area contributed by atoms with E-state index in [1.54, 1.807) is 6.07 Å². The summed E-state index contributed by atoms with van der Waals surface area (Å²) in [5, 5.41) is 21.5. The standard InChI is InChI=1S/C10H11NO3/c12-6-1-2-7-8(5-6)11-10(14)4-3-9(7)13/h1-2,5,9,12-13H,3-4H2,(H,11,14). The third kappa shape index (κ3) is 1.56. The predicted octanol–water partition coefficient (Wildman–Crippen LogP) is 1.16. The monoisotopic (exact) mass is 193 g/mol. The predicted molar refractivity (Wildman–Crippen MR) is 50.9 cm³/mol. The summed E-state index contributed by atoms with van der Waals surface area (Å²) in [5.74, 6) is -0.0495. The van der Waals surface area contributed by atoms with Crippen LogP contribution in [0.3, 0.4) is 0 Å². The lowest BCUT2D eigenvalue weighted by atomic mass is 10.0. The Morgan fingerprint density at radius 1 is 1.43 bits per heavy atom. The highest BCUT2D eigenvalue weighted by molar-refractivity contribution is 5.92. The van der Waals surface area contributed by atoms with Gasteiger partial charge < -0.3 is 15.5 Å². The van der Waals surface area contributed by atoms with Crippen molar-refractivity contribution in [3.63, 3.8) is 0 Å². The van der Waals surface area contributed by atoms with Crippen LogP contribution in [-0.4, -0.2) is 16.1 Å². The third-order valence-electron chi connectivity index (χ3n) is 2.31. The summed E-state index contributed by atoms with van der Waals surface area (Å²) in [7, 11) is 0. The van der Waals surface area contributed by atoms with Crippen molar-refractivity contribution >= 4 is 11.6 Å². The van der Waals surface area contributed by atoms with Gasteiger partial charge in [-0.15, -0.1) is 0 Å². The number of hydrogen-bond donors (Lipinski definition) is 3. The number of phenolic OH excluding ortho intramolecular Hbond substituents is 1. The first-order valence-corrected chi connectivity index (χ1v) is 4.47. The number of nitrogens with one attached hydrogen (secondary N) is 1. The minimum atomic E-state index is -0.635. The summed E-state index contributed by atoms with van der Waals surface area (Å²) in [6, 6.07) is 4.57. The van der Waals surface area contributed by atoms with Gasteiger partial charge in [0.1, 0.15) is 5.75 Å². The Hall–Kier alpha value is -1.55. The molecule has 74 valence electrons. The van der Waals surface area contributed by atoms with Crippen molar-refractivity contribution < 1.29 is 15.0 Å². The molecule has 1 amide bonds. The molecular formula is C10H11NO3. The maximum Gasteiger partial charge on any atom is 0.224 e. The Morgan fingerprint density at radius 3 is 3.00 bits per heavy atom. The number of anilines is 1. The molecule has 0 bridgehead atoms. The van der Waals surface area contributed by atoms with Crippen LogP contribution in [0.25, 0.3) is 0 Å². The van der Waals surface area contributed by atoms with Crippen LogP contribution in [-0.2, 0) is 4.79 Å². The molecule has 4 heteroatoms. The number of aliphatic hydroxyl groups is 1. The van der Waals surface area contributed by atoms with E-state index in [4.69, 9.17) is 0 Å². The van der Waals surface area contributed by atoms with Crippen LogP contribution in [0, 0.1) is 0 Å². The molecule has 0 spiro atoms. The van der Waals surface area contributed by atoms with Crippen LogP contribution >= 0.6 is 0 Å². The smallest absolute Gasteiger partial charge is 0.224 e. The number of carbonyl (C=O) groups excluding carboxylic acids is 1. The van der Waals surface area contributed by atoms with Crippen LogP contribution < -0.4 is 5.32 Å². The molecule has 1 heterocycles. The van der Waals surface area contributed by atoms with Gasteiger partial charge in [-0.2, -0.15) is 0 Å². The topological polar surface area (TPSA) is 69.6 Å². The molecule has 0 saturated carbocycles. The van der Waals surface area contributed by atoms with Crippen molar-refractivity contribution in [3.05, 3.63) is 23.8 Å². The maximum atomic E-state index is 11.2. The maximum absolute atomic E-state index is 11.2. The first kappa shape index (κ1) is 9.02. The number of phenols is 1. The SMILES string of the molecule is O=C1CCC(O)c2ccc(O)cc2N1. The van der Waals surface area contributed by atoms with Gasteiger partial charge in [0.15, 0.2) is 0 Å². The van der Waals surface area contributed by atoms with Gasteiger partial charge in [0.2, 0.25) is 5.91 Å². The van der Waals surface area contributed by atoms with Gasteiger partial charge in [0.25, 0.3) is 0 Å². The molecule has 0 aromatic heterocycles. The van der Waals surface area contributed by atoms with E-state index in [0.29, 0.717) is 24.1 Å². The number of carbonyl (C=O) groups is 1. The molecule has 14 heavy (non-hydrogen) atoms. The van der Waals surface area contributed by atoms with E-state index in [1.807, 2.05) is 0 Å². The van der Waals surface area contributed by atoms with Crippen LogP contribution in [0.1, 0.15) is 24.5 Å². The average molecular weight is 193 g/mol. The zero-order chi connectivity index (χ0) is 10.1. The van der Waals surface area contributed by atoms with Gasteiger partial charge in [-0.1, -0.05) is 6.07 Å². The van der Waals surface area contributed by atoms with E-state index < -0.39 is 6.10 Å². The number of fused-ring (bicyclic) bond motifs is 1. The fraction of sp³-hybridized carbons (Fsp3) is 0.300. The molecule has 1 aliphatic rings. The summed E-state index contributed by atoms with van der Waals surface area (Å²) >= 11 is 0. The number of aromatic hydroxyl groups is 1. The van der Waals surface area contributed by atoms with Gasteiger partial charge in [-0.05, 0) is 12.5 Å². The third-order valence-corrected chi connectivity index (χ3v) is 2.31. The van der Waals surface area contributed by atoms with Crippen LogP contribution in [0.4, 0.5) is 5.69 Å². The lowest BCUT2D eigenvalue weighted by molar-refractivity contribution is -0.116. The van der Waals surface area contributed by atoms with Crippen molar-refractivity contribution in [1.29, 1.82) is 0 Å². The molecule has 0 radical (unpaired) electrons. The summed E-state index contributed by atoms with van der Waals surface area (Å²) in [5.41, 5.74) is 1.16. The number of amides is 1. The first-order chi connectivity index (χ1) is 6.66. The fourth-order valence-electron chi connectivity index (χ4n) is 1.58. The Labute approximate surface area is 81.2 Å². The number of rotatable bonds is 0. The Balaban J connectivity index is 2.46. The zero-order valence-electron chi connectivity index (χ0n) is 7.53. The Kier molecular flexibility index (Phi) is 2.13. The molecule has 0 aliphatic carbocycles. The second-order valence-corrected chi connectivity index (χ2v) is 3.37. The number of benzene rings is 1. The molecule has 1 aliphatic heterocycles. The lowest BCUT2D eigenvalue weighted by Crippen LogP contribution is -2.08. The number of hydrogen-bond acceptors (Lipinski definition) is 3. The normalized spacial score (nSPS) is 20.9. The molecule has 1 unspecified atom stereocenters. The highest BCUT2D eigenvalue weighted by atomic mass is 16.3. The van der Waals surface area contributed by atoms with E-state index in [9.17, 15) is 15.0 Å². The summed E-state index contributed by atoms with van der Waals surface area (Å²) in [6.07, 6.45) is 0.0878. The molecule has 4 nitrogen and oxygen atoms in total. The largest absolute Gasteiger partial charge is 0.508 e. The van der Waals surface area contributed by atoms with E-state index in [1.165, 1.54) is 12.1 Å². The minimum Gasteiger partial charge on any atom is -0.508 e. The van der Waals surface area contributed by atoms with Crippen molar-refractivity contribution in [2.24, 2.45) is 0 Å². The second-order valence-electron chi connectivity index (χ2n) is 3.37. The van der Waals surface area contributed by atoms with Crippen molar-refractivity contribution in [2.45, 2.75) is 18.9 Å². The second kappa shape index (κ2) is 3.31. The fourth-order valence-corrected chi connectivity index (χ4v) is 1.58. The van der Waals surface area contributed by atoms with Crippen molar-refractivity contribution in [1.82, 2.24) is 0 Å². The van der Waals surface area contributed by atoms with E-state index in [-0.39, 0.29) is 11.7 Å². The Bertz CT molecular complexity index is 376. The molecule has 1 aromatic carbocycles. The highest BCUT2D eigenvalue weighted by Crippen LogP contribution is 2.31. The van der Waals surface area contributed by atoms with Crippen molar-refractivity contribution in [2.75, 3.05) is 5.32 Å². The van der Waals surface area contributed by atoms with Crippen LogP contribution in [0.15, 0.2) is 18.2 Å². The summed E-state index contributed by atoms with van der Waals surface area (Å²) < 4.78 is 0.